The van der Waals surface area contributed by atoms with Gasteiger partial charge in [0.25, 0.3) is 11.8 Å². The van der Waals surface area contributed by atoms with Gasteiger partial charge in [-0.25, -0.2) is 0 Å². The zero-order valence-electron chi connectivity index (χ0n) is 14.9. The molecule has 0 aliphatic heterocycles. The number of amides is 2. The predicted molar refractivity (Wildman–Crippen MR) is 93.0 cm³/mol. The van der Waals surface area contributed by atoms with E-state index in [1.54, 1.807) is 6.92 Å². The number of aryl methyl sites for hydroxylation is 2. The molecule has 2 rings (SSSR count). The number of hydrogen-bond donors (Lipinski definition) is 2. The highest BCUT2D eigenvalue weighted by Gasteiger charge is 2.27. The van der Waals surface area contributed by atoms with Crippen molar-refractivity contribution in [1.29, 1.82) is 0 Å². The van der Waals surface area contributed by atoms with E-state index >= 15 is 0 Å². The van der Waals surface area contributed by atoms with E-state index in [0.717, 1.165) is 6.42 Å². The second-order valence-corrected chi connectivity index (χ2v) is 5.43. The number of hydrogen-bond acceptors (Lipinski definition) is 6. The smallest absolute Gasteiger partial charge is 0.320 e. The molecule has 0 spiro atoms. The van der Waals surface area contributed by atoms with Gasteiger partial charge in [-0.3, -0.25) is 29.1 Å². The number of aromatic nitrogens is 4. The second kappa shape index (κ2) is 8.23. The lowest BCUT2D eigenvalue weighted by atomic mass is 10.3. The molecule has 0 bridgehead atoms. The molecule has 2 N–H and O–H groups in total. The molecule has 0 radical (unpaired) electrons. The molecule has 0 fully saturated rings. The first-order valence-electron chi connectivity index (χ1n) is 8.30. The summed E-state index contributed by atoms with van der Waals surface area (Å²) in [4.78, 5) is 35.2. The third-order valence-corrected chi connectivity index (χ3v) is 3.56. The monoisotopic (exact) mass is 363 g/mol. The van der Waals surface area contributed by atoms with E-state index in [-0.39, 0.29) is 17.1 Å². The van der Waals surface area contributed by atoms with Gasteiger partial charge in [-0.05, 0) is 20.3 Å². The first kappa shape index (κ1) is 19.1. The van der Waals surface area contributed by atoms with Crippen molar-refractivity contribution in [1.82, 2.24) is 24.9 Å². The quantitative estimate of drug-likeness (QED) is 0.537. The van der Waals surface area contributed by atoms with Crippen molar-refractivity contribution in [2.45, 2.75) is 40.3 Å². The van der Waals surface area contributed by atoms with Crippen LogP contribution >= 0.6 is 0 Å². The predicted octanol–water partition coefficient (Wildman–Crippen LogP) is 1.42. The summed E-state index contributed by atoms with van der Waals surface area (Å²) in [5, 5.41) is 24.4. The molecule has 11 heteroatoms. The highest BCUT2D eigenvalue weighted by Crippen LogP contribution is 2.20. The van der Waals surface area contributed by atoms with Crippen LogP contribution in [0.15, 0.2) is 12.4 Å². The molecule has 0 unspecified atom stereocenters. The number of carbonyl (C=O) groups excluding carboxylic acids is 2. The van der Waals surface area contributed by atoms with E-state index in [4.69, 9.17) is 0 Å². The molecule has 0 aliphatic carbocycles. The summed E-state index contributed by atoms with van der Waals surface area (Å²) < 4.78 is 2.80. The fourth-order valence-electron chi connectivity index (χ4n) is 2.21. The van der Waals surface area contributed by atoms with Crippen LogP contribution in [-0.4, -0.2) is 42.8 Å². The van der Waals surface area contributed by atoms with Crippen molar-refractivity contribution in [2.24, 2.45) is 0 Å². The van der Waals surface area contributed by atoms with Crippen LogP contribution in [0, 0.1) is 10.1 Å². The summed E-state index contributed by atoms with van der Waals surface area (Å²) in [6.45, 7) is 6.84. The SMILES string of the molecule is CCCNC(=O)c1nn(CC)cc1NC(=O)c1nn(CC)cc1[N+](=O)[O-]. The summed E-state index contributed by atoms with van der Waals surface area (Å²) in [6.07, 6.45) is 3.45. The van der Waals surface area contributed by atoms with Gasteiger partial charge in [0, 0.05) is 25.8 Å². The largest absolute Gasteiger partial charge is 0.351 e. The van der Waals surface area contributed by atoms with Gasteiger partial charge in [0.05, 0.1) is 10.6 Å². The van der Waals surface area contributed by atoms with Crippen LogP contribution in [0.5, 0.6) is 0 Å². The number of rotatable bonds is 8. The lowest BCUT2D eigenvalue weighted by Gasteiger charge is -2.04. The van der Waals surface area contributed by atoms with Gasteiger partial charge in [-0.15, -0.1) is 0 Å². The summed E-state index contributed by atoms with van der Waals surface area (Å²) in [5.74, 6) is -1.20. The fraction of sp³-hybridized carbons (Fsp3) is 0.467. The van der Waals surface area contributed by atoms with Gasteiger partial charge in [-0.2, -0.15) is 10.2 Å². The molecule has 2 aromatic rings. The minimum atomic E-state index is -0.774. The average Bonchev–Trinajstić information content (AvgIpc) is 3.23. The molecule has 2 heterocycles. The maximum absolute atomic E-state index is 12.5. The van der Waals surface area contributed by atoms with E-state index in [9.17, 15) is 19.7 Å². The highest BCUT2D eigenvalue weighted by atomic mass is 16.6. The summed E-state index contributed by atoms with van der Waals surface area (Å²) in [5.41, 5.74) is -0.498. The van der Waals surface area contributed by atoms with Crippen molar-refractivity contribution in [3.05, 3.63) is 33.9 Å². The minimum Gasteiger partial charge on any atom is -0.351 e. The maximum atomic E-state index is 12.5. The van der Waals surface area contributed by atoms with E-state index in [1.165, 1.54) is 21.8 Å². The second-order valence-electron chi connectivity index (χ2n) is 5.43. The molecule has 140 valence electrons. The van der Waals surface area contributed by atoms with Gasteiger partial charge in [0.15, 0.2) is 5.69 Å². The van der Waals surface area contributed by atoms with Crippen LogP contribution in [0.1, 0.15) is 48.2 Å². The molecule has 0 aliphatic rings. The van der Waals surface area contributed by atoms with Crippen molar-refractivity contribution >= 4 is 23.2 Å². The lowest BCUT2D eigenvalue weighted by molar-refractivity contribution is -0.385. The van der Waals surface area contributed by atoms with Crippen LogP contribution in [0.3, 0.4) is 0 Å². The molecule has 2 aromatic heterocycles. The normalized spacial score (nSPS) is 10.6. The molecule has 0 atom stereocenters. The van der Waals surface area contributed by atoms with Crippen LogP contribution in [0.4, 0.5) is 11.4 Å². The van der Waals surface area contributed by atoms with Gasteiger partial charge >= 0.3 is 5.69 Å². The Balaban J connectivity index is 2.31. The summed E-state index contributed by atoms with van der Waals surface area (Å²) in [7, 11) is 0. The first-order valence-corrected chi connectivity index (χ1v) is 8.30. The number of nitrogens with zero attached hydrogens (tertiary/aromatic N) is 5. The Hall–Kier alpha value is -3.24. The standard InChI is InChI=1S/C15H21N7O4/c1-4-7-16-14(23)12-10(8-20(5-2)18-12)17-15(24)13-11(22(25)26)9-21(6-3)19-13/h8-9H,4-7H2,1-3H3,(H,16,23)(H,17,24). The minimum absolute atomic E-state index is 0.0474. The van der Waals surface area contributed by atoms with E-state index in [1.807, 2.05) is 13.8 Å². The third kappa shape index (κ3) is 4.05. The molecule has 2 amide bonds. The Labute approximate surface area is 149 Å². The Bertz CT molecular complexity index is 824. The van der Waals surface area contributed by atoms with Crippen LogP contribution in [0.25, 0.3) is 0 Å². The van der Waals surface area contributed by atoms with Crippen LogP contribution in [-0.2, 0) is 13.1 Å². The number of nitro groups is 1. The lowest BCUT2D eigenvalue weighted by Crippen LogP contribution is -2.26. The molecular weight excluding hydrogens is 342 g/mol. The molecule has 0 aromatic carbocycles. The molecule has 0 saturated carbocycles. The number of nitrogens with one attached hydrogen (secondary N) is 2. The van der Waals surface area contributed by atoms with Gasteiger partial charge < -0.3 is 10.6 Å². The number of anilines is 1. The average molecular weight is 363 g/mol. The molecule has 26 heavy (non-hydrogen) atoms. The van der Waals surface area contributed by atoms with Gasteiger partial charge in [-0.1, -0.05) is 6.92 Å². The highest BCUT2D eigenvalue weighted by molar-refractivity contribution is 6.09. The summed E-state index contributed by atoms with van der Waals surface area (Å²) in [6, 6.07) is 0. The zero-order valence-corrected chi connectivity index (χ0v) is 14.9. The van der Waals surface area contributed by atoms with Crippen LogP contribution < -0.4 is 10.6 Å². The fourth-order valence-corrected chi connectivity index (χ4v) is 2.21. The van der Waals surface area contributed by atoms with Crippen LogP contribution in [0.2, 0.25) is 0 Å². The van der Waals surface area contributed by atoms with Crippen molar-refractivity contribution in [2.75, 3.05) is 11.9 Å². The Morgan fingerprint density at radius 2 is 1.69 bits per heavy atom. The third-order valence-electron chi connectivity index (χ3n) is 3.56. The van der Waals surface area contributed by atoms with Gasteiger partial charge in [0.1, 0.15) is 6.20 Å². The van der Waals surface area contributed by atoms with Gasteiger partial charge in [0.2, 0.25) is 5.69 Å². The van der Waals surface area contributed by atoms with E-state index in [0.29, 0.717) is 19.6 Å². The van der Waals surface area contributed by atoms with Crippen molar-refractivity contribution in [3.8, 4) is 0 Å². The zero-order chi connectivity index (χ0) is 19.3. The Kier molecular flexibility index (Phi) is 6.04. The van der Waals surface area contributed by atoms with E-state index < -0.39 is 22.4 Å². The Morgan fingerprint density at radius 3 is 2.27 bits per heavy atom. The van der Waals surface area contributed by atoms with E-state index in [2.05, 4.69) is 20.8 Å². The molecule has 0 saturated heterocycles. The maximum Gasteiger partial charge on any atom is 0.320 e. The van der Waals surface area contributed by atoms with Crippen molar-refractivity contribution in [3.63, 3.8) is 0 Å². The van der Waals surface area contributed by atoms with Crippen molar-refractivity contribution < 1.29 is 14.5 Å². The Morgan fingerprint density at radius 1 is 1.08 bits per heavy atom. The summed E-state index contributed by atoms with van der Waals surface area (Å²) >= 11 is 0. The topological polar surface area (TPSA) is 137 Å². The number of carbonyl (C=O) groups is 2. The molecular formula is C15H21N7O4. The first-order chi connectivity index (χ1) is 12.4. The molecule has 11 nitrogen and oxygen atoms in total.